The van der Waals surface area contributed by atoms with Gasteiger partial charge in [0, 0.05) is 0 Å². The summed E-state index contributed by atoms with van der Waals surface area (Å²) in [5.74, 6) is 1.70. The van der Waals surface area contributed by atoms with Gasteiger partial charge >= 0.3 is 0 Å². The topological polar surface area (TPSA) is 26.0 Å². The van der Waals surface area contributed by atoms with E-state index in [1.54, 1.807) is 5.56 Å². The monoisotopic (exact) mass is 203 g/mol. The van der Waals surface area contributed by atoms with Crippen LogP contribution in [0, 0.1) is 19.8 Å². The Kier molecular flexibility index (Phi) is 3.11. The standard InChI is InChI=1S/C14H21N/c1-10-3-4-11(2)14(7-10)13-8-12(9-13)5-6-15/h3-4,7,12-13H,5-6,8-9,15H2,1-2H3. The van der Waals surface area contributed by atoms with Crippen molar-refractivity contribution >= 4 is 0 Å². The molecule has 82 valence electrons. The van der Waals surface area contributed by atoms with Gasteiger partial charge < -0.3 is 5.73 Å². The molecule has 1 saturated carbocycles. The van der Waals surface area contributed by atoms with Gasteiger partial charge in [-0.3, -0.25) is 0 Å². The summed E-state index contributed by atoms with van der Waals surface area (Å²) in [6.07, 6.45) is 3.91. The summed E-state index contributed by atoms with van der Waals surface area (Å²) in [6, 6.07) is 6.81. The number of aryl methyl sites for hydroxylation is 2. The Morgan fingerprint density at radius 2 is 2.00 bits per heavy atom. The van der Waals surface area contributed by atoms with Crippen molar-refractivity contribution < 1.29 is 0 Å². The Balaban J connectivity index is 2.03. The van der Waals surface area contributed by atoms with Crippen molar-refractivity contribution in [1.29, 1.82) is 0 Å². The Morgan fingerprint density at radius 3 is 2.67 bits per heavy atom. The third-order valence-electron chi connectivity index (χ3n) is 3.69. The molecule has 1 aliphatic carbocycles. The number of rotatable bonds is 3. The Labute approximate surface area is 92.7 Å². The molecule has 1 aromatic rings. The van der Waals surface area contributed by atoms with Crippen LogP contribution in [0.3, 0.4) is 0 Å². The van der Waals surface area contributed by atoms with E-state index in [0.717, 1.165) is 18.4 Å². The first-order valence-electron chi connectivity index (χ1n) is 5.98. The van der Waals surface area contributed by atoms with E-state index in [0.29, 0.717) is 0 Å². The molecule has 15 heavy (non-hydrogen) atoms. The minimum atomic E-state index is 0.807. The number of benzene rings is 1. The third kappa shape index (κ3) is 2.23. The minimum absolute atomic E-state index is 0.807. The van der Waals surface area contributed by atoms with Gasteiger partial charge in [0.05, 0.1) is 0 Å². The Hall–Kier alpha value is -0.820. The summed E-state index contributed by atoms with van der Waals surface area (Å²) in [5, 5.41) is 0. The molecule has 1 heteroatoms. The zero-order valence-corrected chi connectivity index (χ0v) is 9.79. The molecule has 1 aliphatic rings. The lowest BCUT2D eigenvalue weighted by Gasteiger charge is -2.36. The molecule has 0 aromatic heterocycles. The van der Waals surface area contributed by atoms with E-state index in [2.05, 4.69) is 32.0 Å². The molecule has 1 fully saturated rings. The molecule has 0 aliphatic heterocycles. The SMILES string of the molecule is Cc1ccc(C)c(C2CC(CCN)C2)c1. The maximum absolute atomic E-state index is 5.58. The molecule has 1 nitrogen and oxygen atoms in total. The maximum Gasteiger partial charge on any atom is -0.00746 e. The van der Waals surface area contributed by atoms with Gasteiger partial charge in [0.15, 0.2) is 0 Å². The van der Waals surface area contributed by atoms with Crippen LogP contribution in [0.1, 0.15) is 41.9 Å². The summed E-state index contributed by atoms with van der Waals surface area (Å²) in [7, 11) is 0. The highest BCUT2D eigenvalue weighted by atomic mass is 14.5. The highest BCUT2D eigenvalue weighted by molar-refractivity contribution is 5.34. The van der Waals surface area contributed by atoms with E-state index in [1.807, 2.05) is 0 Å². The zero-order chi connectivity index (χ0) is 10.8. The molecular formula is C14H21N. The lowest BCUT2D eigenvalue weighted by molar-refractivity contribution is 0.251. The molecule has 0 amide bonds. The molecule has 0 unspecified atom stereocenters. The predicted molar refractivity (Wildman–Crippen MR) is 65.1 cm³/mol. The van der Waals surface area contributed by atoms with Crippen LogP contribution in [-0.4, -0.2) is 6.54 Å². The second-order valence-corrected chi connectivity index (χ2v) is 4.97. The van der Waals surface area contributed by atoms with Gasteiger partial charge in [-0.15, -0.1) is 0 Å². The molecule has 0 atom stereocenters. The molecular weight excluding hydrogens is 182 g/mol. The Bertz CT molecular complexity index is 337. The molecule has 0 saturated heterocycles. The van der Waals surface area contributed by atoms with Gasteiger partial charge in [-0.25, -0.2) is 0 Å². The fourth-order valence-corrected chi connectivity index (χ4v) is 2.66. The van der Waals surface area contributed by atoms with Crippen LogP contribution in [0.2, 0.25) is 0 Å². The van der Waals surface area contributed by atoms with Crippen molar-refractivity contribution in [2.24, 2.45) is 11.7 Å². The first kappa shape index (κ1) is 10.7. The molecule has 0 heterocycles. The first-order valence-corrected chi connectivity index (χ1v) is 5.98. The van der Waals surface area contributed by atoms with Gasteiger partial charge in [-0.2, -0.15) is 0 Å². The van der Waals surface area contributed by atoms with Gasteiger partial charge in [-0.05, 0) is 62.6 Å². The summed E-state index contributed by atoms with van der Waals surface area (Å²) < 4.78 is 0. The van der Waals surface area contributed by atoms with Gasteiger partial charge in [-0.1, -0.05) is 23.8 Å². The van der Waals surface area contributed by atoms with Crippen molar-refractivity contribution in [3.05, 3.63) is 34.9 Å². The Morgan fingerprint density at radius 1 is 1.27 bits per heavy atom. The van der Waals surface area contributed by atoms with Crippen LogP contribution in [0.4, 0.5) is 0 Å². The van der Waals surface area contributed by atoms with Crippen LogP contribution >= 0.6 is 0 Å². The van der Waals surface area contributed by atoms with Crippen LogP contribution in [0.15, 0.2) is 18.2 Å². The van der Waals surface area contributed by atoms with Crippen molar-refractivity contribution in [3.8, 4) is 0 Å². The van der Waals surface area contributed by atoms with Crippen molar-refractivity contribution in [2.45, 2.75) is 39.0 Å². The lowest BCUT2D eigenvalue weighted by atomic mass is 9.69. The highest BCUT2D eigenvalue weighted by Gasteiger charge is 2.30. The summed E-state index contributed by atoms with van der Waals surface area (Å²) in [4.78, 5) is 0. The first-order chi connectivity index (χ1) is 7.20. The number of nitrogens with two attached hydrogens (primary N) is 1. The van der Waals surface area contributed by atoms with Crippen LogP contribution < -0.4 is 5.73 Å². The second-order valence-electron chi connectivity index (χ2n) is 4.97. The second kappa shape index (κ2) is 4.36. The quantitative estimate of drug-likeness (QED) is 0.802. The molecule has 0 bridgehead atoms. The molecule has 2 N–H and O–H groups in total. The smallest absolute Gasteiger partial charge is 0.00746 e. The van der Waals surface area contributed by atoms with E-state index < -0.39 is 0 Å². The maximum atomic E-state index is 5.58. The molecule has 0 spiro atoms. The normalized spacial score (nSPS) is 25.0. The van der Waals surface area contributed by atoms with Crippen molar-refractivity contribution in [2.75, 3.05) is 6.54 Å². The van der Waals surface area contributed by atoms with Gasteiger partial charge in [0.25, 0.3) is 0 Å². The molecule has 2 rings (SSSR count). The molecule has 0 radical (unpaired) electrons. The zero-order valence-electron chi connectivity index (χ0n) is 9.79. The highest BCUT2D eigenvalue weighted by Crippen LogP contribution is 2.44. The van der Waals surface area contributed by atoms with Crippen molar-refractivity contribution in [1.82, 2.24) is 0 Å². The summed E-state index contributed by atoms with van der Waals surface area (Å²) >= 11 is 0. The number of hydrogen-bond acceptors (Lipinski definition) is 1. The van der Waals surface area contributed by atoms with Gasteiger partial charge in [0.2, 0.25) is 0 Å². The van der Waals surface area contributed by atoms with E-state index in [4.69, 9.17) is 5.73 Å². The van der Waals surface area contributed by atoms with Crippen LogP contribution in [0.5, 0.6) is 0 Å². The van der Waals surface area contributed by atoms with E-state index in [-0.39, 0.29) is 0 Å². The van der Waals surface area contributed by atoms with E-state index in [9.17, 15) is 0 Å². The summed E-state index contributed by atoms with van der Waals surface area (Å²) in [5.41, 5.74) is 9.99. The van der Waals surface area contributed by atoms with Crippen LogP contribution in [0.25, 0.3) is 0 Å². The molecule has 1 aromatic carbocycles. The fraction of sp³-hybridized carbons (Fsp3) is 0.571. The average molecular weight is 203 g/mol. The van der Waals surface area contributed by atoms with Crippen LogP contribution in [-0.2, 0) is 0 Å². The minimum Gasteiger partial charge on any atom is -0.330 e. The van der Waals surface area contributed by atoms with Gasteiger partial charge in [0.1, 0.15) is 0 Å². The largest absolute Gasteiger partial charge is 0.330 e. The third-order valence-corrected chi connectivity index (χ3v) is 3.69. The van der Waals surface area contributed by atoms with E-state index >= 15 is 0 Å². The number of hydrogen-bond donors (Lipinski definition) is 1. The summed E-state index contributed by atoms with van der Waals surface area (Å²) in [6.45, 7) is 5.26. The fourth-order valence-electron chi connectivity index (χ4n) is 2.66. The predicted octanol–water partition coefficient (Wildman–Crippen LogP) is 3.15. The van der Waals surface area contributed by atoms with E-state index in [1.165, 1.54) is 30.4 Å². The van der Waals surface area contributed by atoms with Crippen molar-refractivity contribution in [3.63, 3.8) is 0 Å². The lowest BCUT2D eigenvalue weighted by Crippen LogP contribution is -2.24. The average Bonchev–Trinajstić information content (AvgIpc) is 2.15.